The number of halogens is 1. The second kappa shape index (κ2) is 13.4. The van der Waals surface area contributed by atoms with Crippen LogP contribution in [0.1, 0.15) is 22.3 Å². The normalized spacial score (nSPS) is 13.9. The summed E-state index contributed by atoms with van der Waals surface area (Å²) in [6.07, 6.45) is 1.38. The van der Waals surface area contributed by atoms with Crippen molar-refractivity contribution in [2.45, 2.75) is 20.5 Å². The first-order valence-corrected chi connectivity index (χ1v) is 14.4. The Hall–Kier alpha value is -5.22. The molecular weight excluding hydrogens is 626 g/mol. The van der Waals surface area contributed by atoms with Crippen molar-refractivity contribution in [3.63, 3.8) is 0 Å². The van der Waals surface area contributed by atoms with Gasteiger partial charge in [-0.1, -0.05) is 42.5 Å². The highest BCUT2D eigenvalue weighted by molar-refractivity contribution is 9.10. The minimum Gasteiger partial charge on any atom is -0.489 e. The Morgan fingerprint density at radius 2 is 1.64 bits per heavy atom. The SMILES string of the molecule is Cc1ccc(NC(=O)COc2ccc(/C=C3/C(=O)NC(=O)N(c4ccc(OCc5ccccc5)cc4)C3=O)cc2Br)cc1C. The number of aryl methyl sites for hydroxylation is 2. The van der Waals surface area contributed by atoms with Crippen molar-refractivity contribution in [2.75, 3.05) is 16.8 Å². The Bertz CT molecular complexity index is 1770. The molecule has 0 unspecified atom stereocenters. The maximum absolute atomic E-state index is 13.3. The van der Waals surface area contributed by atoms with Gasteiger partial charge in [-0.05, 0) is 107 Å². The maximum Gasteiger partial charge on any atom is 0.335 e. The van der Waals surface area contributed by atoms with E-state index >= 15 is 0 Å². The van der Waals surface area contributed by atoms with E-state index in [-0.39, 0.29) is 23.8 Å². The molecule has 1 heterocycles. The largest absolute Gasteiger partial charge is 0.489 e. The number of ether oxygens (including phenoxy) is 2. The van der Waals surface area contributed by atoms with Crippen molar-refractivity contribution in [2.24, 2.45) is 0 Å². The lowest BCUT2D eigenvalue weighted by atomic mass is 10.1. The highest BCUT2D eigenvalue weighted by Gasteiger charge is 2.36. The van der Waals surface area contributed by atoms with Gasteiger partial charge in [0.1, 0.15) is 23.7 Å². The van der Waals surface area contributed by atoms with Crippen molar-refractivity contribution in [1.82, 2.24) is 5.32 Å². The number of urea groups is 1. The number of imide groups is 2. The first-order chi connectivity index (χ1) is 21.2. The molecule has 9 nitrogen and oxygen atoms in total. The molecule has 4 aromatic rings. The molecule has 10 heteroatoms. The van der Waals surface area contributed by atoms with Crippen molar-refractivity contribution < 1.29 is 28.7 Å². The number of nitrogens with zero attached hydrogens (tertiary/aromatic N) is 1. The molecule has 1 saturated heterocycles. The van der Waals surface area contributed by atoms with Crippen LogP contribution in [0.2, 0.25) is 0 Å². The molecule has 0 aromatic heterocycles. The summed E-state index contributed by atoms with van der Waals surface area (Å²) < 4.78 is 12.0. The average Bonchev–Trinajstić information content (AvgIpc) is 3.00. The summed E-state index contributed by atoms with van der Waals surface area (Å²) in [5.74, 6) is -0.941. The molecule has 1 aliphatic heterocycles. The molecule has 0 bridgehead atoms. The molecule has 0 spiro atoms. The van der Waals surface area contributed by atoms with Crippen molar-refractivity contribution in [1.29, 1.82) is 0 Å². The Labute approximate surface area is 262 Å². The van der Waals surface area contributed by atoms with Gasteiger partial charge < -0.3 is 14.8 Å². The van der Waals surface area contributed by atoms with Crippen LogP contribution in [-0.4, -0.2) is 30.4 Å². The lowest BCUT2D eigenvalue weighted by Crippen LogP contribution is -2.54. The number of anilines is 2. The zero-order valence-corrected chi connectivity index (χ0v) is 25.5. The Kier molecular flexibility index (Phi) is 9.20. The van der Waals surface area contributed by atoms with Gasteiger partial charge in [-0.15, -0.1) is 0 Å². The summed E-state index contributed by atoms with van der Waals surface area (Å²) in [7, 11) is 0. The minimum atomic E-state index is -0.848. The third-order valence-electron chi connectivity index (χ3n) is 6.86. The molecular formula is C34H28BrN3O6. The highest BCUT2D eigenvalue weighted by atomic mass is 79.9. The van der Waals surface area contributed by atoms with Crippen molar-refractivity contribution >= 4 is 57.1 Å². The molecule has 0 radical (unpaired) electrons. The van der Waals surface area contributed by atoms with E-state index in [1.165, 1.54) is 6.08 Å². The van der Waals surface area contributed by atoms with E-state index in [0.717, 1.165) is 21.6 Å². The summed E-state index contributed by atoms with van der Waals surface area (Å²) in [6, 6.07) is 25.8. The standard InChI is InChI=1S/C34H28BrN3O6/c1-21-8-10-25(16-22(21)2)36-31(39)20-44-30-15-9-24(18-29(30)35)17-28-32(40)37-34(42)38(33(28)41)26-11-13-27(14-12-26)43-19-23-6-4-3-5-7-23/h3-18H,19-20H2,1-2H3,(H,36,39)(H,37,40,42)/b28-17-. The average molecular weight is 655 g/mol. The molecule has 0 saturated carbocycles. The van der Waals surface area contributed by atoms with E-state index in [0.29, 0.717) is 33.8 Å². The molecule has 1 fully saturated rings. The third kappa shape index (κ3) is 7.22. The zero-order valence-electron chi connectivity index (χ0n) is 23.9. The lowest BCUT2D eigenvalue weighted by Gasteiger charge is -2.26. The van der Waals surface area contributed by atoms with Gasteiger partial charge in [-0.25, -0.2) is 9.69 Å². The van der Waals surface area contributed by atoms with Crippen LogP contribution >= 0.6 is 15.9 Å². The van der Waals surface area contributed by atoms with Crippen LogP contribution in [0, 0.1) is 13.8 Å². The molecule has 222 valence electrons. The summed E-state index contributed by atoms with van der Waals surface area (Å²) in [4.78, 5) is 51.9. The minimum absolute atomic E-state index is 0.220. The number of carbonyl (C=O) groups is 4. The fourth-order valence-electron chi connectivity index (χ4n) is 4.37. The topological polar surface area (TPSA) is 114 Å². The van der Waals surface area contributed by atoms with Gasteiger partial charge in [-0.2, -0.15) is 0 Å². The van der Waals surface area contributed by atoms with E-state index in [9.17, 15) is 19.2 Å². The van der Waals surface area contributed by atoms with Crippen LogP contribution < -0.4 is 25.0 Å². The summed E-state index contributed by atoms with van der Waals surface area (Å²) in [5, 5.41) is 5.02. The van der Waals surface area contributed by atoms with Crippen LogP contribution in [-0.2, 0) is 21.0 Å². The number of barbiturate groups is 1. The van der Waals surface area contributed by atoms with Crippen molar-refractivity contribution in [3.8, 4) is 11.5 Å². The van der Waals surface area contributed by atoms with Crippen LogP contribution in [0.15, 0.2) is 101 Å². The smallest absolute Gasteiger partial charge is 0.335 e. The predicted octanol–water partition coefficient (Wildman–Crippen LogP) is 6.33. The lowest BCUT2D eigenvalue weighted by molar-refractivity contribution is -0.122. The van der Waals surface area contributed by atoms with E-state index < -0.39 is 17.8 Å². The van der Waals surface area contributed by atoms with Crippen molar-refractivity contribution in [3.05, 3.63) is 123 Å². The first-order valence-electron chi connectivity index (χ1n) is 13.7. The van der Waals surface area contributed by atoms with Gasteiger partial charge in [0.25, 0.3) is 17.7 Å². The van der Waals surface area contributed by atoms with Crippen LogP contribution in [0.5, 0.6) is 11.5 Å². The molecule has 2 N–H and O–H groups in total. The number of rotatable bonds is 9. The number of hydrogen-bond donors (Lipinski definition) is 2. The fraction of sp³-hybridized carbons (Fsp3) is 0.118. The Morgan fingerprint density at radius 1 is 0.886 bits per heavy atom. The Morgan fingerprint density at radius 3 is 2.34 bits per heavy atom. The Balaban J connectivity index is 1.24. The molecule has 0 atom stereocenters. The molecule has 0 aliphatic carbocycles. The monoisotopic (exact) mass is 653 g/mol. The quantitative estimate of drug-likeness (QED) is 0.161. The predicted molar refractivity (Wildman–Crippen MR) is 170 cm³/mol. The van der Waals surface area contributed by atoms with Gasteiger partial charge in [0.2, 0.25) is 0 Å². The number of benzene rings is 4. The van der Waals surface area contributed by atoms with Crippen LogP contribution in [0.3, 0.4) is 0 Å². The maximum atomic E-state index is 13.3. The number of carbonyl (C=O) groups excluding carboxylic acids is 4. The van der Waals surface area contributed by atoms with Gasteiger partial charge in [0.05, 0.1) is 10.2 Å². The molecule has 5 rings (SSSR count). The molecule has 4 aromatic carbocycles. The van der Waals surface area contributed by atoms with Gasteiger partial charge >= 0.3 is 6.03 Å². The van der Waals surface area contributed by atoms with Crippen LogP contribution in [0.25, 0.3) is 6.08 Å². The van der Waals surface area contributed by atoms with E-state index in [1.807, 2.05) is 62.4 Å². The molecule has 44 heavy (non-hydrogen) atoms. The van der Waals surface area contributed by atoms with E-state index in [2.05, 4.69) is 26.6 Å². The number of hydrogen-bond acceptors (Lipinski definition) is 6. The second-order valence-corrected chi connectivity index (χ2v) is 10.9. The van der Waals surface area contributed by atoms with Crippen LogP contribution in [0.4, 0.5) is 16.2 Å². The summed E-state index contributed by atoms with van der Waals surface area (Å²) in [6.45, 7) is 4.11. The number of amides is 5. The van der Waals surface area contributed by atoms with E-state index in [4.69, 9.17) is 9.47 Å². The fourth-order valence-corrected chi connectivity index (χ4v) is 4.89. The third-order valence-corrected chi connectivity index (χ3v) is 7.48. The molecule has 1 aliphatic rings. The second-order valence-electron chi connectivity index (χ2n) is 10.1. The van der Waals surface area contributed by atoms with E-state index in [1.54, 1.807) is 42.5 Å². The van der Waals surface area contributed by atoms with Gasteiger partial charge in [0, 0.05) is 5.69 Å². The zero-order chi connectivity index (χ0) is 31.2. The van der Waals surface area contributed by atoms with Gasteiger partial charge in [-0.3, -0.25) is 19.7 Å². The summed E-state index contributed by atoms with van der Waals surface area (Å²) in [5.41, 5.74) is 4.43. The number of nitrogens with one attached hydrogen (secondary N) is 2. The summed E-state index contributed by atoms with van der Waals surface area (Å²) >= 11 is 3.42. The first kappa shape index (κ1) is 30.2. The van der Waals surface area contributed by atoms with Gasteiger partial charge in [0.15, 0.2) is 6.61 Å². The molecule has 5 amide bonds. The highest BCUT2D eigenvalue weighted by Crippen LogP contribution is 2.29.